The summed E-state index contributed by atoms with van der Waals surface area (Å²) >= 11 is 0. The summed E-state index contributed by atoms with van der Waals surface area (Å²) < 4.78 is 79.0. The minimum Gasteiger partial charge on any atom is -0.339 e. The van der Waals surface area contributed by atoms with Gasteiger partial charge in [0, 0.05) is 23.9 Å². The fourth-order valence-corrected chi connectivity index (χ4v) is 8.29. The van der Waals surface area contributed by atoms with E-state index in [1.807, 2.05) is 35.2 Å². The third-order valence-corrected chi connectivity index (χ3v) is 10.8. The Labute approximate surface area is 221 Å². The van der Waals surface area contributed by atoms with Crippen molar-refractivity contribution in [2.24, 2.45) is 5.92 Å². The van der Waals surface area contributed by atoms with Crippen molar-refractivity contribution in [3.05, 3.63) is 70.8 Å². The molecule has 3 unspecified atom stereocenters. The van der Waals surface area contributed by atoms with E-state index in [1.54, 1.807) is 6.07 Å². The monoisotopic (exact) mass is 551 g/mol. The predicted octanol–water partition coefficient (Wildman–Crippen LogP) is 5.68. The summed E-state index contributed by atoms with van der Waals surface area (Å²) in [7, 11) is -3.10. The SMILES string of the molecule is CC(F)(c1ccc2c(c1)CCC1N(C(=O)C3CCS(=O)(=O)CC3)CCC21CCc1ccccc1)C(F)(F)F. The van der Waals surface area contributed by atoms with Crippen molar-refractivity contribution in [2.75, 3.05) is 18.1 Å². The molecule has 1 aliphatic carbocycles. The first-order valence-electron chi connectivity index (χ1n) is 13.3. The molecule has 2 heterocycles. The molecule has 2 fully saturated rings. The average Bonchev–Trinajstić information content (AvgIpc) is 3.26. The first kappa shape index (κ1) is 27.2. The number of halogens is 4. The molecule has 4 nitrogen and oxygen atoms in total. The van der Waals surface area contributed by atoms with Gasteiger partial charge in [0.05, 0.1) is 11.5 Å². The number of carbonyl (C=O) groups is 1. The van der Waals surface area contributed by atoms with E-state index < -0.39 is 32.7 Å². The zero-order valence-electron chi connectivity index (χ0n) is 21.4. The van der Waals surface area contributed by atoms with E-state index in [4.69, 9.17) is 0 Å². The van der Waals surface area contributed by atoms with Crippen LogP contribution in [0.2, 0.25) is 0 Å². The molecule has 0 radical (unpaired) electrons. The van der Waals surface area contributed by atoms with Crippen molar-refractivity contribution in [1.29, 1.82) is 0 Å². The number of fused-ring (bicyclic) bond motifs is 3. The van der Waals surface area contributed by atoms with Crippen molar-refractivity contribution >= 4 is 15.7 Å². The van der Waals surface area contributed by atoms with Crippen LogP contribution in [0.5, 0.6) is 0 Å². The Morgan fingerprint density at radius 3 is 2.37 bits per heavy atom. The smallest absolute Gasteiger partial charge is 0.339 e. The molecule has 2 saturated heterocycles. The molecule has 38 heavy (non-hydrogen) atoms. The Hall–Kier alpha value is -2.42. The summed E-state index contributed by atoms with van der Waals surface area (Å²) in [4.78, 5) is 15.6. The van der Waals surface area contributed by atoms with E-state index in [2.05, 4.69) is 0 Å². The molecular formula is C29H33F4NO3S. The number of alkyl halides is 4. The van der Waals surface area contributed by atoms with E-state index in [9.17, 15) is 30.8 Å². The highest BCUT2D eigenvalue weighted by Gasteiger charge is 2.56. The topological polar surface area (TPSA) is 54.5 Å². The zero-order valence-corrected chi connectivity index (χ0v) is 22.3. The number of amides is 1. The van der Waals surface area contributed by atoms with Gasteiger partial charge in [0.2, 0.25) is 11.6 Å². The van der Waals surface area contributed by atoms with Gasteiger partial charge >= 0.3 is 6.18 Å². The van der Waals surface area contributed by atoms with E-state index >= 15 is 0 Å². The average molecular weight is 552 g/mol. The van der Waals surface area contributed by atoms with Gasteiger partial charge < -0.3 is 4.90 Å². The van der Waals surface area contributed by atoms with Crippen molar-refractivity contribution < 1.29 is 30.8 Å². The standard InChI is InChI=1S/C29H33F4NO3S/c1-27(30,29(31,32)33)23-8-9-24-22(19-23)7-10-25-28(24,14-11-20-5-3-2-4-6-20)15-16-34(25)26(35)21-12-17-38(36,37)18-13-21/h2-6,8-9,19,21,25H,7,10-18H2,1H3. The summed E-state index contributed by atoms with van der Waals surface area (Å²) in [5, 5.41) is 0. The molecule has 0 bridgehead atoms. The fraction of sp³-hybridized carbons (Fsp3) is 0.552. The van der Waals surface area contributed by atoms with Gasteiger partial charge in [-0.05, 0) is 74.1 Å². The van der Waals surface area contributed by atoms with Crippen LogP contribution in [0.4, 0.5) is 17.6 Å². The largest absolute Gasteiger partial charge is 0.426 e. The lowest BCUT2D eigenvalue weighted by Crippen LogP contribution is -2.50. The Kier molecular flexibility index (Phi) is 6.89. The number of rotatable bonds is 5. The molecule has 206 valence electrons. The first-order valence-corrected chi connectivity index (χ1v) is 15.1. The molecule has 0 aromatic heterocycles. The second-order valence-electron chi connectivity index (χ2n) is 11.3. The quantitative estimate of drug-likeness (QED) is 0.450. The maximum Gasteiger partial charge on any atom is 0.426 e. The molecule has 2 aromatic carbocycles. The molecule has 2 aromatic rings. The summed E-state index contributed by atoms with van der Waals surface area (Å²) in [6, 6.07) is 14.1. The van der Waals surface area contributed by atoms with Crippen molar-refractivity contribution in [3.63, 3.8) is 0 Å². The predicted molar refractivity (Wildman–Crippen MR) is 137 cm³/mol. The first-order chi connectivity index (χ1) is 17.8. The van der Waals surface area contributed by atoms with Gasteiger partial charge in [-0.25, -0.2) is 12.8 Å². The summed E-state index contributed by atoms with van der Waals surface area (Å²) in [5.74, 6) is -0.298. The Bertz CT molecular complexity index is 1290. The summed E-state index contributed by atoms with van der Waals surface area (Å²) in [6.45, 7) is 1.08. The highest BCUT2D eigenvalue weighted by Crippen LogP contribution is 2.52. The minimum atomic E-state index is -5.02. The van der Waals surface area contributed by atoms with Crippen molar-refractivity contribution in [1.82, 2.24) is 4.90 Å². The van der Waals surface area contributed by atoms with Crippen LogP contribution < -0.4 is 0 Å². The van der Waals surface area contributed by atoms with Gasteiger partial charge in [-0.3, -0.25) is 4.79 Å². The van der Waals surface area contributed by atoms with Crippen molar-refractivity contribution in [3.8, 4) is 0 Å². The number of likely N-dealkylation sites (tertiary alicyclic amines) is 1. The third kappa shape index (κ3) is 4.75. The molecule has 5 rings (SSSR count). The van der Waals surface area contributed by atoms with Crippen LogP contribution in [0.3, 0.4) is 0 Å². The van der Waals surface area contributed by atoms with Gasteiger partial charge in [0.15, 0.2) is 0 Å². The van der Waals surface area contributed by atoms with Gasteiger partial charge in [0.1, 0.15) is 9.84 Å². The lowest BCUT2D eigenvalue weighted by atomic mass is 9.63. The molecule has 0 saturated carbocycles. The molecule has 9 heteroatoms. The second-order valence-corrected chi connectivity index (χ2v) is 13.6. The number of carbonyl (C=O) groups excluding carboxylic acids is 1. The fourth-order valence-electron chi connectivity index (χ4n) is 6.79. The van der Waals surface area contributed by atoms with Crippen molar-refractivity contribution in [2.45, 2.75) is 75.2 Å². The van der Waals surface area contributed by atoms with Crippen LogP contribution in [0.25, 0.3) is 0 Å². The van der Waals surface area contributed by atoms with Crippen LogP contribution in [-0.4, -0.2) is 49.5 Å². The number of hydrogen-bond acceptors (Lipinski definition) is 3. The lowest BCUT2D eigenvalue weighted by molar-refractivity contribution is -0.228. The number of aryl methyl sites for hydroxylation is 2. The highest BCUT2D eigenvalue weighted by molar-refractivity contribution is 7.91. The molecule has 0 spiro atoms. The molecular weight excluding hydrogens is 518 g/mol. The summed E-state index contributed by atoms with van der Waals surface area (Å²) in [5.41, 5.74) is -1.53. The number of hydrogen-bond donors (Lipinski definition) is 0. The maximum absolute atomic E-state index is 14.8. The third-order valence-electron chi connectivity index (χ3n) is 9.11. The number of sulfone groups is 1. The molecule has 0 N–H and O–H groups in total. The Morgan fingerprint density at radius 1 is 1.03 bits per heavy atom. The molecule has 3 aliphatic rings. The minimum absolute atomic E-state index is 0.0139. The zero-order chi connectivity index (χ0) is 27.3. The van der Waals surface area contributed by atoms with Crippen LogP contribution in [0.15, 0.2) is 48.5 Å². The van der Waals surface area contributed by atoms with Gasteiger partial charge in [-0.2, -0.15) is 13.2 Å². The van der Waals surface area contributed by atoms with Crippen LogP contribution in [-0.2, 0) is 38.6 Å². The Balaban J connectivity index is 1.49. The lowest BCUT2D eigenvalue weighted by Gasteiger charge is -2.44. The van der Waals surface area contributed by atoms with Gasteiger partial charge in [-0.15, -0.1) is 0 Å². The second kappa shape index (κ2) is 9.65. The van der Waals surface area contributed by atoms with E-state index in [0.29, 0.717) is 52.0 Å². The number of benzene rings is 2. The van der Waals surface area contributed by atoms with Gasteiger partial charge in [0.25, 0.3) is 0 Å². The Morgan fingerprint density at radius 2 is 1.71 bits per heavy atom. The normalized spacial score (nSPS) is 26.9. The maximum atomic E-state index is 14.8. The molecule has 3 atom stereocenters. The highest BCUT2D eigenvalue weighted by atomic mass is 32.2. The van der Waals surface area contributed by atoms with E-state index in [-0.39, 0.29) is 29.4 Å². The van der Waals surface area contributed by atoms with E-state index in [0.717, 1.165) is 23.1 Å². The molecule has 1 amide bonds. The molecule has 2 aliphatic heterocycles. The number of nitrogens with zero attached hydrogens (tertiary/aromatic N) is 1. The van der Waals surface area contributed by atoms with Crippen LogP contribution >= 0.6 is 0 Å². The van der Waals surface area contributed by atoms with E-state index in [1.165, 1.54) is 12.1 Å². The summed E-state index contributed by atoms with van der Waals surface area (Å²) in [6.07, 6.45) is -1.21. The van der Waals surface area contributed by atoms with Gasteiger partial charge in [-0.1, -0.05) is 48.5 Å². The van der Waals surface area contributed by atoms with Crippen LogP contribution in [0.1, 0.15) is 61.3 Å². The van der Waals surface area contributed by atoms with Crippen LogP contribution in [0, 0.1) is 5.92 Å².